The third-order valence-corrected chi connectivity index (χ3v) is 2.21. The van der Waals surface area contributed by atoms with Crippen molar-refractivity contribution in [3.63, 3.8) is 0 Å². The van der Waals surface area contributed by atoms with Crippen LogP contribution in [0.4, 0.5) is 0 Å². The fourth-order valence-electron chi connectivity index (χ4n) is 0.978. The predicted octanol–water partition coefficient (Wildman–Crippen LogP) is 2.50. The van der Waals surface area contributed by atoms with Crippen LogP contribution in [-0.4, -0.2) is 4.98 Å². The first-order valence-electron chi connectivity index (χ1n) is 4.46. The van der Waals surface area contributed by atoms with E-state index in [1.54, 1.807) is 6.20 Å². The predicted molar refractivity (Wildman–Crippen MR) is 49.1 cm³/mol. The highest BCUT2D eigenvalue weighted by molar-refractivity contribution is 5.03. The van der Waals surface area contributed by atoms with Gasteiger partial charge in [0.05, 0.1) is 18.7 Å². The van der Waals surface area contributed by atoms with Crippen LogP contribution in [0.25, 0.3) is 0 Å². The Morgan fingerprint density at radius 2 is 2.23 bits per heavy atom. The molecule has 0 aliphatic carbocycles. The highest BCUT2D eigenvalue weighted by Gasteiger charge is 2.15. The number of nitrogens with zero attached hydrogens (tertiary/aromatic N) is 2. The highest BCUT2D eigenvalue weighted by atomic mass is 16.4. The van der Waals surface area contributed by atoms with Gasteiger partial charge in [-0.15, -0.1) is 0 Å². The van der Waals surface area contributed by atoms with Gasteiger partial charge in [0.1, 0.15) is 5.76 Å². The van der Waals surface area contributed by atoms with E-state index in [-0.39, 0.29) is 0 Å². The summed E-state index contributed by atoms with van der Waals surface area (Å²) in [5.74, 6) is 2.21. The Morgan fingerprint density at radius 3 is 2.77 bits per heavy atom. The Kier molecular flexibility index (Phi) is 3.07. The van der Waals surface area contributed by atoms with Gasteiger partial charge in [0, 0.05) is 5.92 Å². The van der Waals surface area contributed by atoms with Crippen molar-refractivity contribution in [3.8, 4) is 6.07 Å². The smallest absolute Gasteiger partial charge is 0.197 e. The molecule has 1 atom stereocenters. The molecule has 1 heterocycles. The standard InChI is InChI=1S/C10H14N2O/c1-7(2)8(3)10-12-6-9(13-10)4-5-11/h6-8H,4H2,1-3H3. The van der Waals surface area contributed by atoms with E-state index < -0.39 is 0 Å². The summed E-state index contributed by atoms with van der Waals surface area (Å²) in [4.78, 5) is 4.14. The van der Waals surface area contributed by atoms with Crippen molar-refractivity contribution in [1.82, 2.24) is 4.98 Å². The summed E-state index contributed by atoms with van der Waals surface area (Å²) in [6.45, 7) is 6.32. The van der Waals surface area contributed by atoms with Crippen molar-refractivity contribution in [1.29, 1.82) is 5.26 Å². The van der Waals surface area contributed by atoms with Crippen LogP contribution in [0.15, 0.2) is 10.6 Å². The minimum absolute atomic E-state index is 0.303. The van der Waals surface area contributed by atoms with Gasteiger partial charge in [0.15, 0.2) is 5.89 Å². The first-order valence-corrected chi connectivity index (χ1v) is 4.46. The van der Waals surface area contributed by atoms with Gasteiger partial charge in [-0.3, -0.25) is 0 Å². The molecule has 3 heteroatoms. The Labute approximate surface area is 78.4 Å². The zero-order chi connectivity index (χ0) is 9.84. The van der Waals surface area contributed by atoms with Crippen LogP contribution in [0, 0.1) is 17.2 Å². The number of hydrogen-bond donors (Lipinski definition) is 0. The minimum atomic E-state index is 0.303. The van der Waals surface area contributed by atoms with E-state index >= 15 is 0 Å². The third kappa shape index (κ3) is 2.32. The molecule has 0 bridgehead atoms. The van der Waals surface area contributed by atoms with E-state index in [9.17, 15) is 0 Å². The topological polar surface area (TPSA) is 49.8 Å². The van der Waals surface area contributed by atoms with Crippen molar-refractivity contribution in [2.75, 3.05) is 0 Å². The molecule has 0 saturated carbocycles. The van der Waals surface area contributed by atoms with Gasteiger partial charge < -0.3 is 4.42 Å². The summed E-state index contributed by atoms with van der Waals surface area (Å²) in [5, 5.41) is 8.44. The molecule has 70 valence electrons. The summed E-state index contributed by atoms with van der Waals surface area (Å²) >= 11 is 0. The SMILES string of the molecule is CC(C)C(C)c1ncc(CC#N)o1. The molecule has 3 nitrogen and oxygen atoms in total. The lowest BCUT2D eigenvalue weighted by Crippen LogP contribution is -2.01. The number of hydrogen-bond acceptors (Lipinski definition) is 3. The van der Waals surface area contributed by atoms with Crippen LogP contribution in [-0.2, 0) is 6.42 Å². The zero-order valence-electron chi connectivity index (χ0n) is 8.24. The van der Waals surface area contributed by atoms with Gasteiger partial charge in [-0.25, -0.2) is 4.98 Å². The van der Waals surface area contributed by atoms with E-state index in [4.69, 9.17) is 9.68 Å². The van der Waals surface area contributed by atoms with Gasteiger partial charge in [0.2, 0.25) is 0 Å². The summed E-state index contributed by atoms with van der Waals surface area (Å²) in [5.41, 5.74) is 0. The number of rotatable bonds is 3. The molecule has 0 radical (unpaired) electrons. The maximum Gasteiger partial charge on any atom is 0.197 e. The number of oxazole rings is 1. The summed E-state index contributed by atoms with van der Waals surface area (Å²) in [6.07, 6.45) is 1.94. The maximum absolute atomic E-state index is 8.44. The number of aromatic nitrogens is 1. The van der Waals surface area contributed by atoms with E-state index in [0.717, 1.165) is 5.89 Å². The van der Waals surface area contributed by atoms with Crippen LogP contribution in [0.2, 0.25) is 0 Å². The minimum Gasteiger partial charge on any atom is -0.444 e. The molecule has 0 aliphatic heterocycles. The first-order chi connectivity index (χ1) is 6.15. The van der Waals surface area contributed by atoms with Crippen molar-refractivity contribution in [2.45, 2.75) is 33.1 Å². The van der Waals surface area contributed by atoms with Gasteiger partial charge in [0.25, 0.3) is 0 Å². The second kappa shape index (κ2) is 4.08. The second-order valence-corrected chi connectivity index (χ2v) is 3.53. The number of nitriles is 1. The fourth-order valence-corrected chi connectivity index (χ4v) is 0.978. The highest BCUT2D eigenvalue weighted by Crippen LogP contribution is 2.22. The third-order valence-electron chi connectivity index (χ3n) is 2.21. The Hall–Kier alpha value is -1.30. The van der Waals surface area contributed by atoms with Crippen LogP contribution in [0.3, 0.4) is 0 Å². The molecular weight excluding hydrogens is 164 g/mol. The molecule has 1 unspecified atom stereocenters. The van der Waals surface area contributed by atoms with Crippen LogP contribution < -0.4 is 0 Å². The first kappa shape index (κ1) is 9.79. The molecule has 0 N–H and O–H groups in total. The average molecular weight is 178 g/mol. The summed E-state index contributed by atoms with van der Waals surface area (Å²) < 4.78 is 5.41. The maximum atomic E-state index is 8.44. The molecular formula is C10H14N2O. The van der Waals surface area contributed by atoms with Gasteiger partial charge in [-0.05, 0) is 5.92 Å². The lowest BCUT2D eigenvalue weighted by molar-refractivity contribution is 0.386. The van der Waals surface area contributed by atoms with Crippen LogP contribution in [0.1, 0.15) is 38.3 Å². The van der Waals surface area contributed by atoms with Crippen LogP contribution >= 0.6 is 0 Å². The Morgan fingerprint density at radius 1 is 1.54 bits per heavy atom. The van der Waals surface area contributed by atoms with E-state index in [2.05, 4.69) is 25.8 Å². The average Bonchev–Trinajstić information content (AvgIpc) is 2.52. The van der Waals surface area contributed by atoms with Crippen molar-refractivity contribution in [2.24, 2.45) is 5.92 Å². The largest absolute Gasteiger partial charge is 0.444 e. The normalized spacial score (nSPS) is 12.8. The summed E-state index contributed by atoms with van der Waals surface area (Å²) in [6, 6.07) is 2.03. The van der Waals surface area contributed by atoms with E-state index in [1.807, 2.05) is 6.07 Å². The lowest BCUT2D eigenvalue weighted by Gasteiger charge is -2.10. The molecule has 1 aromatic heterocycles. The van der Waals surface area contributed by atoms with E-state index in [0.29, 0.717) is 24.0 Å². The lowest BCUT2D eigenvalue weighted by atomic mass is 9.98. The molecule has 0 saturated heterocycles. The van der Waals surface area contributed by atoms with Gasteiger partial charge in [-0.1, -0.05) is 20.8 Å². The molecule has 0 aromatic carbocycles. The van der Waals surface area contributed by atoms with Gasteiger partial charge in [-0.2, -0.15) is 5.26 Å². The molecule has 0 spiro atoms. The zero-order valence-corrected chi connectivity index (χ0v) is 8.24. The summed E-state index contributed by atoms with van der Waals surface area (Å²) in [7, 11) is 0. The quantitative estimate of drug-likeness (QED) is 0.714. The molecule has 0 fully saturated rings. The van der Waals surface area contributed by atoms with Crippen LogP contribution in [0.5, 0.6) is 0 Å². The van der Waals surface area contributed by atoms with Crippen molar-refractivity contribution < 1.29 is 4.42 Å². The molecule has 0 aliphatic rings. The molecule has 1 aromatic rings. The van der Waals surface area contributed by atoms with E-state index in [1.165, 1.54) is 0 Å². The van der Waals surface area contributed by atoms with Gasteiger partial charge >= 0.3 is 0 Å². The van der Waals surface area contributed by atoms with Crippen molar-refractivity contribution >= 4 is 0 Å². The molecule has 1 rings (SSSR count). The van der Waals surface area contributed by atoms with Crippen molar-refractivity contribution in [3.05, 3.63) is 17.8 Å². The Balaban J connectivity index is 2.74. The Bertz CT molecular complexity index is 309. The molecule has 13 heavy (non-hydrogen) atoms. The second-order valence-electron chi connectivity index (χ2n) is 3.53. The molecule has 0 amide bonds. The fraction of sp³-hybridized carbons (Fsp3) is 0.600. The monoisotopic (exact) mass is 178 g/mol.